The van der Waals surface area contributed by atoms with Gasteiger partial charge in [0.25, 0.3) is 0 Å². The van der Waals surface area contributed by atoms with Crippen molar-refractivity contribution in [3.05, 3.63) is 36.0 Å². The Hall–Kier alpha value is -1.81. The number of amides is 1. The van der Waals surface area contributed by atoms with E-state index in [1.165, 1.54) is 6.42 Å². The van der Waals surface area contributed by atoms with Gasteiger partial charge < -0.3 is 15.6 Å². The molecule has 0 spiro atoms. The molecule has 1 aliphatic rings. The maximum Gasteiger partial charge on any atom is 0.239 e. The smallest absolute Gasteiger partial charge is 0.239 e. The number of nitrogens with zero attached hydrogens (tertiary/aromatic N) is 1. The summed E-state index contributed by atoms with van der Waals surface area (Å²) in [5.41, 5.74) is 8.83. The Kier molecular flexibility index (Phi) is 4.44. The first kappa shape index (κ1) is 16.1. The van der Waals surface area contributed by atoms with E-state index in [4.69, 9.17) is 5.73 Å². The molecule has 0 saturated carbocycles. The third-order valence-electron chi connectivity index (χ3n) is 5.57. The number of H-pyrrole nitrogens is 1. The fourth-order valence-corrected chi connectivity index (χ4v) is 3.48. The summed E-state index contributed by atoms with van der Waals surface area (Å²) in [4.78, 5) is 17.9. The molecule has 3 rings (SSSR count). The molecule has 1 saturated heterocycles. The lowest BCUT2D eigenvalue weighted by molar-refractivity contribution is -0.134. The predicted molar refractivity (Wildman–Crippen MR) is 94.2 cm³/mol. The minimum absolute atomic E-state index is 0.0911. The molecule has 4 heteroatoms. The van der Waals surface area contributed by atoms with Gasteiger partial charge in [-0.25, -0.2) is 0 Å². The number of aromatic amines is 1. The topological polar surface area (TPSA) is 62.1 Å². The SMILES string of the molecule is CCC1(C)CCN(C(=O)[C@@H](N)Cc2c[nH]c3ccccc23)CC1. The number of benzene rings is 1. The van der Waals surface area contributed by atoms with Crippen LogP contribution in [0.3, 0.4) is 0 Å². The van der Waals surface area contributed by atoms with Crippen LogP contribution >= 0.6 is 0 Å². The van der Waals surface area contributed by atoms with Crippen molar-refractivity contribution in [2.75, 3.05) is 13.1 Å². The Morgan fingerprint density at radius 3 is 2.74 bits per heavy atom. The summed E-state index contributed by atoms with van der Waals surface area (Å²) in [6.45, 7) is 6.23. The van der Waals surface area contributed by atoms with Crippen LogP contribution in [-0.2, 0) is 11.2 Å². The quantitative estimate of drug-likeness (QED) is 0.911. The molecule has 23 heavy (non-hydrogen) atoms. The predicted octanol–water partition coefficient (Wildman–Crippen LogP) is 3.08. The number of carbonyl (C=O) groups excluding carboxylic acids is 1. The minimum atomic E-state index is -0.458. The van der Waals surface area contributed by atoms with Crippen molar-refractivity contribution in [1.82, 2.24) is 9.88 Å². The average Bonchev–Trinajstić information content (AvgIpc) is 2.98. The molecule has 1 atom stereocenters. The van der Waals surface area contributed by atoms with Gasteiger partial charge in [-0.2, -0.15) is 0 Å². The van der Waals surface area contributed by atoms with E-state index >= 15 is 0 Å². The van der Waals surface area contributed by atoms with Crippen LogP contribution < -0.4 is 5.73 Å². The van der Waals surface area contributed by atoms with Gasteiger partial charge in [-0.3, -0.25) is 4.79 Å². The molecule has 0 bridgehead atoms. The molecule has 0 unspecified atom stereocenters. The van der Waals surface area contributed by atoms with Crippen LogP contribution in [0.25, 0.3) is 10.9 Å². The number of rotatable bonds is 4. The minimum Gasteiger partial charge on any atom is -0.361 e. The third kappa shape index (κ3) is 3.27. The second kappa shape index (κ2) is 6.36. The van der Waals surface area contributed by atoms with Gasteiger partial charge in [0.2, 0.25) is 5.91 Å². The Morgan fingerprint density at radius 2 is 2.04 bits per heavy atom. The number of nitrogens with two attached hydrogens (primary N) is 1. The molecular formula is C19H27N3O. The van der Waals surface area contributed by atoms with Gasteiger partial charge in [0.05, 0.1) is 6.04 Å². The lowest BCUT2D eigenvalue weighted by Crippen LogP contribution is -2.49. The average molecular weight is 313 g/mol. The molecule has 3 N–H and O–H groups in total. The number of fused-ring (bicyclic) bond motifs is 1. The van der Waals surface area contributed by atoms with Gasteiger partial charge in [-0.05, 0) is 36.3 Å². The first-order chi connectivity index (χ1) is 11.0. The number of nitrogens with one attached hydrogen (secondary N) is 1. The number of hydrogen-bond donors (Lipinski definition) is 2. The molecule has 1 aromatic heterocycles. The van der Waals surface area contributed by atoms with Crippen molar-refractivity contribution in [3.8, 4) is 0 Å². The zero-order valence-corrected chi connectivity index (χ0v) is 14.1. The van der Waals surface area contributed by atoms with Crippen LogP contribution in [-0.4, -0.2) is 34.9 Å². The maximum atomic E-state index is 12.7. The molecule has 1 aromatic carbocycles. The lowest BCUT2D eigenvalue weighted by atomic mass is 9.78. The van der Waals surface area contributed by atoms with Crippen molar-refractivity contribution in [2.45, 2.75) is 45.6 Å². The molecule has 2 heterocycles. The summed E-state index contributed by atoms with van der Waals surface area (Å²) in [5.74, 6) is 0.0911. The molecule has 4 nitrogen and oxygen atoms in total. The van der Waals surface area contributed by atoms with Gasteiger partial charge >= 0.3 is 0 Å². The van der Waals surface area contributed by atoms with Crippen molar-refractivity contribution in [3.63, 3.8) is 0 Å². The van der Waals surface area contributed by atoms with Gasteiger partial charge in [-0.15, -0.1) is 0 Å². The van der Waals surface area contributed by atoms with E-state index in [0.29, 0.717) is 11.8 Å². The van der Waals surface area contributed by atoms with E-state index < -0.39 is 6.04 Å². The zero-order chi connectivity index (χ0) is 16.4. The van der Waals surface area contributed by atoms with E-state index in [2.05, 4.69) is 24.9 Å². The maximum absolute atomic E-state index is 12.7. The highest BCUT2D eigenvalue weighted by Gasteiger charge is 2.32. The molecule has 0 radical (unpaired) electrons. The van der Waals surface area contributed by atoms with Crippen LogP contribution in [0.1, 0.15) is 38.7 Å². The Balaban J connectivity index is 1.64. The highest BCUT2D eigenvalue weighted by atomic mass is 16.2. The fraction of sp³-hybridized carbons (Fsp3) is 0.526. The van der Waals surface area contributed by atoms with E-state index in [1.54, 1.807) is 0 Å². The van der Waals surface area contributed by atoms with E-state index in [-0.39, 0.29) is 5.91 Å². The molecule has 1 aliphatic heterocycles. The fourth-order valence-electron chi connectivity index (χ4n) is 3.48. The normalized spacial score (nSPS) is 19.0. The highest BCUT2D eigenvalue weighted by Crippen LogP contribution is 2.34. The molecular weight excluding hydrogens is 286 g/mol. The molecule has 0 aliphatic carbocycles. The number of aromatic nitrogens is 1. The Morgan fingerprint density at radius 1 is 1.35 bits per heavy atom. The summed E-state index contributed by atoms with van der Waals surface area (Å²) >= 11 is 0. The highest BCUT2D eigenvalue weighted by molar-refractivity contribution is 5.86. The van der Waals surface area contributed by atoms with Gasteiger partial charge in [0.15, 0.2) is 0 Å². The summed E-state index contributed by atoms with van der Waals surface area (Å²) in [5, 5.41) is 1.16. The van der Waals surface area contributed by atoms with E-state index in [9.17, 15) is 4.79 Å². The van der Waals surface area contributed by atoms with Crippen LogP contribution in [0, 0.1) is 5.41 Å². The summed E-state index contributed by atoms with van der Waals surface area (Å²) < 4.78 is 0. The standard InChI is InChI=1S/C19H27N3O/c1-3-19(2)8-10-22(11-9-19)18(23)16(20)12-14-13-21-17-7-5-4-6-15(14)17/h4-7,13,16,21H,3,8-12,20H2,1-2H3/t16-/m0/s1. The van der Waals surface area contributed by atoms with Crippen LogP contribution in [0.4, 0.5) is 0 Å². The summed E-state index contributed by atoms with van der Waals surface area (Å²) in [6, 6.07) is 7.68. The van der Waals surface area contributed by atoms with Crippen molar-refractivity contribution in [2.24, 2.45) is 11.1 Å². The van der Waals surface area contributed by atoms with Crippen LogP contribution in [0.15, 0.2) is 30.5 Å². The summed E-state index contributed by atoms with van der Waals surface area (Å²) in [7, 11) is 0. The second-order valence-corrected chi connectivity index (χ2v) is 7.16. The zero-order valence-electron chi connectivity index (χ0n) is 14.1. The van der Waals surface area contributed by atoms with E-state index in [1.807, 2.05) is 29.3 Å². The third-order valence-corrected chi connectivity index (χ3v) is 5.57. The number of para-hydroxylation sites is 1. The van der Waals surface area contributed by atoms with Crippen LogP contribution in [0.2, 0.25) is 0 Å². The molecule has 2 aromatic rings. The Bertz CT molecular complexity index is 683. The largest absolute Gasteiger partial charge is 0.361 e. The first-order valence-corrected chi connectivity index (χ1v) is 8.62. The monoisotopic (exact) mass is 313 g/mol. The molecule has 1 fully saturated rings. The number of carbonyl (C=O) groups is 1. The molecule has 1 amide bonds. The van der Waals surface area contributed by atoms with Crippen molar-refractivity contribution in [1.29, 1.82) is 0 Å². The number of likely N-dealkylation sites (tertiary alicyclic amines) is 1. The lowest BCUT2D eigenvalue weighted by Gasteiger charge is -2.39. The van der Waals surface area contributed by atoms with Gasteiger partial charge in [0.1, 0.15) is 0 Å². The van der Waals surface area contributed by atoms with Crippen molar-refractivity contribution < 1.29 is 4.79 Å². The molecule has 124 valence electrons. The van der Waals surface area contributed by atoms with Crippen LogP contribution in [0.5, 0.6) is 0 Å². The van der Waals surface area contributed by atoms with E-state index in [0.717, 1.165) is 42.4 Å². The second-order valence-electron chi connectivity index (χ2n) is 7.16. The summed E-state index contributed by atoms with van der Waals surface area (Å²) in [6.07, 6.45) is 5.90. The number of piperidine rings is 1. The van der Waals surface area contributed by atoms with Gasteiger partial charge in [-0.1, -0.05) is 38.5 Å². The number of hydrogen-bond acceptors (Lipinski definition) is 2. The Labute approximate surface area is 138 Å². The first-order valence-electron chi connectivity index (χ1n) is 8.62. The van der Waals surface area contributed by atoms with Crippen molar-refractivity contribution >= 4 is 16.8 Å². The van der Waals surface area contributed by atoms with Gasteiger partial charge in [0, 0.05) is 30.2 Å².